The van der Waals surface area contributed by atoms with Crippen LogP contribution in [0, 0.1) is 6.92 Å². The summed E-state index contributed by atoms with van der Waals surface area (Å²) in [7, 11) is -3.74. The average Bonchev–Trinajstić information content (AvgIpc) is 2.84. The van der Waals surface area contributed by atoms with E-state index < -0.39 is 22.5 Å². The number of nitrogens with one attached hydrogen (secondary N) is 2. The van der Waals surface area contributed by atoms with Crippen molar-refractivity contribution in [1.29, 1.82) is 0 Å². The molecule has 3 aromatic rings. The van der Waals surface area contributed by atoms with Crippen LogP contribution >= 0.6 is 11.6 Å². The molecule has 0 radical (unpaired) electrons. The van der Waals surface area contributed by atoms with Crippen LogP contribution in [-0.2, 0) is 19.6 Å². The molecule has 9 nitrogen and oxygen atoms in total. The number of benzene rings is 3. The molecule has 0 aromatic heterocycles. The summed E-state index contributed by atoms with van der Waals surface area (Å²) in [6, 6.07) is 20.6. The van der Waals surface area contributed by atoms with Gasteiger partial charge in [0, 0.05) is 10.7 Å². The van der Waals surface area contributed by atoms with Crippen molar-refractivity contribution >= 4 is 51.0 Å². The van der Waals surface area contributed by atoms with Crippen LogP contribution in [0.3, 0.4) is 0 Å². The molecule has 0 saturated carbocycles. The van der Waals surface area contributed by atoms with Crippen molar-refractivity contribution < 1.29 is 22.7 Å². The van der Waals surface area contributed by atoms with Gasteiger partial charge in [-0.1, -0.05) is 35.9 Å². The maximum atomic E-state index is 12.4. The molecule has 3 aromatic carbocycles. The Hall–Kier alpha value is -3.89. The van der Waals surface area contributed by atoms with Gasteiger partial charge in [0.05, 0.1) is 18.2 Å². The number of hydrogen-bond acceptors (Lipinski definition) is 6. The summed E-state index contributed by atoms with van der Waals surface area (Å²) in [6.45, 7) is 1.06. The number of nitrogens with zero attached hydrogens (tertiary/aromatic N) is 2. The third-order valence-corrected chi connectivity index (χ3v) is 6.44. The molecule has 0 saturated heterocycles. The summed E-state index contributed by atoms with van der Waals surface area (Å²) in [6.07, 6.45) is 2.41. The molecule has 0 spiro atoms. The molecule has 0 atom stereocenters. The number of hydrogen-bond donors (Lipinski definition) is 2. The van der Waals surface area contributed by atoms with Crippen LogP contribution in [0.5, 0.6) is 5.75 Å². The second kappa shape index (κ2) is 12.2. The van der Waals surface area contributed by atoms with Gasteiger partial charge in [0.25, 0.3) is 11.8 Å². The molecule has 36 heavy (non-hydrogen) atoms. The molecule has 0 fully saturated rings. The predicted octanol–water partition coefficient (Wildman–Crippen LogP) is 3.58. The molecule has 0 aliphatic carbocycles. The minimum absolute atomic E-state index is 0.151. The molecule has 2 N–H and O–H groups in total. The standard InChI is InChI=1S/C25H25ClN4O5S/c1-18-22(26)9-6-10-23(18)30(36(2,33)34)16-24(31)29-27-15-19-11-13-21(14-12-19)35-17-25(32)28-20-7-4-3-5-8-20/h3-15H,16-17H2,1-2H3,(H,28,32)(H,29,31)/b27-15-. The molecule has 2 amide bonds. The number of ether oxygens (including phenoxy) is 1. The van der Waals surface area contributed by atoms with E-state index in [1.165, 1.54) is 6.21 Å². The van der Waals surface area contributed by atoms with E-state index in [1.54, 1.807) is 61.5 Å². The topological polar surface area (TPSA) is 117 Å². The Balaban J connectivity index is 1.52. The van der Waals surface area contributed by atoms with E-state index in [-0.39, 0.29) is 12.5 Å². The number of halogens is 1. The van der Waals surface area contributed by atoms with Gasteiger partial charge in [-0.2, -0.15) is 5.10 Å². The first kappa shape index (κ1) is 26.7. The smallest absolute Gasteiger partial charge is 0.262 e. The zero-order chi connectivity index (χ0) is 26.1. The number of carbonyl (C=O) groups excluding carboxylic acids is 2. The van der Waals surface area contributed by atoms with Crippen molar-refractivity contribution in [2.75, 3.05) is 29.0 Å². The molecular formula is C25H25ClN4O5S. The Kier molecular flexibility index (Phi) is 9.04. The third-order valence-electron chi connectivity index (χ3n) is 4.91. The van der Waals surface area contributed by atoms with Crippen molar-refractivity contribution in [3.8, 4) is 5.75 Å². The van der Waals surface area contributed by atoms with Gasteiger partial charge < -0.3 is 10.1 Å². The Bertz CT molecular complexity index is 1350. The summed E-state index contributed by atoms with van der Waals surface area (Å²) in [5, 5.41) is 7.00. The highest BCUT2D eigenvalue weighted by Crippen LogP contribution is 2.28. The molecular weight excluding hydrogens is 504 g/mol. The van der Waals surface area contributed by atoms with E-state index in [0.717, 1.165) is 10.6 Å². The molecule has 0 unspecified atom stereocenters. The lowest BCUT2D eigenvalue weighted by molar-refractivity contribution is -0.119. The highest BCUT2D eigenvalue weighted by molar-refractivity contribution is 7.92. The second-order valence-electron chi connectivity index (χ2n) is 7.72. The fourth-order valence-electron chi connectivity index (χ4n) is 3.11. The molecule has 3 rings (SSSR count). The Morgan fingerprint density at radius 3 is 2.36 bits per heavy atom. The van der Waals surface area contributed by atoms with Gasteiger partial charge in [0.1, 0.15) is 12.3 Å². The van der Waals surface area contributed by atoms with Crippen LogP contribution in [0.2, 0.25) is 5.02 Å². The lowest BCUT2D eigenvalue weighted by Crippen LogP contribution is -2.39. The van der Waals surface area contributed by atoms with E-state index in [2.05, 4.69) is 15.8 Å². The molecule has 188 valence electrons. The summed E-state index contributed by atoms with van der Waals surface area (Å²) >= 11 is 6.10. The highest BCUT2D eigenvalue weighted by atomic mass is 35.5. The highest BCUT2D eigenvalue weighted by Gasteiger charge is 2.23. The lowest BCUT2D eigenvalue weighted by Gasteiger charge is -2.23. The van der Waals surface area contributed by atoms with E-state index >= 15 is 0 Å². The zero-order valence-electron chi connectivity index (χ0n) is 19.6. The summed E-state index contributed by atoms with van der Waals surface area (Å²) < 4.78 is 31.0. The first-order valence-corrected chi connectivity index (χ1v) is 13.0. The number of anilines is 2. The van der Waals surface area contributed by atoms with Crippen molar-refractivity contribution in [1.82, 2.24) is 5.43 Å². The van der Waals surface area contributed by atoms with Crippen LogP contribution in [0.25, 0.3) is 0 Å². The summed E-state index contributed by atoms with van der Waals surface area (Å²) in [5.74, 6) is -0.425. The van der Waals surface area contributed by atoms with E-state index in [0.29, 0.717) is 33.3 Å². The Morgan fingerprint density at radius 1 is 1.00 bits per heavy atom. The average molecular weight is 529 g/mol. The molecule has 0 aliphatic rings. The largest absolute Gasteiger partial charge is 0.484 e. The van der Waals surface area contributed by atoms with Crippen LogP contribution in [0.15, 0.2) is 77.9 Å². The molecule has 0 aliphatic heterocycles. The first-order chi connectivity index (χ1) is 17.1. The number of rotatable bonds is 10. The van der Waals surface area contributed by atoms with E-state index in [4.69, 9.17) is 16.3 Å². The van der Waals surface area contributed by atoms with Gasteiger partial charge in [0.15, 0.2) is 6.61 Å². The van der Waals surface area contributed by atoms with Crippen molar-refractivity contribution in [3.63, 3.8) is 0 Å². The van der Waals surface area contributed by atoms with Gasteiger partial charge >= 0.3 is 0 Å². The normalized spacial score (nSPS) is 11.2. The van der Waals surface area contributed by atoms with E-state index in [9.17, 15) is 18.0 Å². The van der Waals surface area contributed by atoms with Crippen molar-refractivity contribution in [2.24, 2.45) is 5.10 Å². The Morgan fingerprint density at radius 2 is 1.69 bits per heavy atom. The maximum Gasteiger partial charge on any atom is 0.262 e. The maximum absolute atomic E-state index is 12.4. The lowest BCUT2D eigenvalue weighted by atomic mass is 10.2. The number of amides is 2. The quantitative estimate of drug-likeness (QED) is 0.308. The fourth-order valence-corrected chi connectivity index (χ4v) is 4.19. The number of carbonyl (C=O) groups is 2. The van der Waals surface area contributed by atoms with Gasteiger partial charge in [0.2, 0.25) is 10.0 Å². The summed E-state index contributed by atoms with van der Waals surface area (Å²) in [5.41, 5.74) is 4.52. The van der Waals surface area contributed by atoms with Crippen LogP contribution in [0.4, 0.5) is 11.4 Å². The predicted molar refractivity (Wildman–Crippen MR) is 141 cm³/mol. The molecule has 0 heterocycles. The Labute approximate surface area is 214 Å². The van der Waals surface area contributed by atoms with Crippen molar-refractivity contribution in [2.45, 2.75) is 6.92 Å². The SMILES string of the molecule is Cc1c(Cl)cccc1N(CC(=O)N/N=C\c1ccc(OCC(=O)Nc2ccccc2)cc1)S(C)(=O)=O. The van der Waals surface area contributed by atoms with Crippen molar-refractivity contribution in [3.05, 3.63) is 88.9 Å². The fraction of sp³-hybridized carbons (Fsp3) is 0.160. The van der Waals surface area contributed by atoms with Crippen LogP contribution in [0.1, 0.15) is 11.1 Å². The second-order valence-corrected chi connectivity index (χ2v) is 10.0. The molecule has 0 bridgehead atoms. The van der Waals surface area contributed by atoms with E-state index in [1.807, 2.05) is 18.2 Å². The minimum Gasteiger partial charge on any atom is -0.484 e. The summed E-state index contributed by atoms with van der Waals surface area (Å²) in [4.78, 5) is 24.3. The van der Waals surface area contributed by atoms with Gasteiger partial charge in [-0.15, -0.1) is 0 Å². The number of para-hydroxylation sites is 1. The van der Waals surface area contributed by atoms with Crippen LogP contribution < -0.4 is 19.8 Å². The number of hydrazone groups is 1. The van der Waals surface area contributed by atoms with Gasteiger partial charge in [-0.3, -0.25) is 13.9 Å². The molecule has 11 heteroatoms. The number of sulfonamides is 1. The minimum atomic E-state index is -3.74. The zero-order valence-corrected chi connectivity index (χ0v) is 21.2. The van der Waals surface area contributed by atoms with Crippen LogP contribution in [-0.4, -0.2) is 45.9 Å². The third kappa shape index (κ3) is 7.82. The van der Waals surface area contributed by atoms with Gasteiger partial charge in [-0.05, 0) is 66.6 Å². The first-order valence-electron chi connectivity index (χ1n) is 10.8. The monoisotopic (exact) mass is 528 g/mol. The van der Waals surface area contributed by atoms with Gasteiger partial charge in [-0.25, -0.2) is 13.8 Å².